The van der Waals surface area contributed by atoms with Crippen LogP contribution in [0.3, 0.4) is 0 Å². The Morgan fingerprint density at radius 1 is 1.21 bits per heavy atom. The molecule has 3 aromatic rings. The molecule has 8 nitrogen and oxygen atoms in total. The van der Waals surface area contributed by atoms with Gasteiger partial charge in [0.2, 0.25) is 5.91 Å². The second-order valence-electron chi connectivity index (χ2n) is 8.62. The first-order valence-electron chi connectivity index (χ1n) is 11.2. The lowest BCUT2D eigenvalue weighted by Gasteiger charge is -2.22. The Hall–Kier alpha value is -3.01. The van der Waals surface area contributed by atoms with Crippen LogP contribution in [0.4, 0.5) is 4.39 Å². The summed E-state index contributed by atoms with van der Waals surface area (Å²) in [4.78, 5) is 49.7. The lowest BCUT2D eigenvalue weighted by Crippen LogP contribution is -2.39. The van der Waals surface area contributed by atoms with Gasteiger partial charge in [0.1, 0.15) is 22.1 Å². The lowest BCUT2D eigenvalue weighted by molar-refractivity contribution is -0.129. The number of nitrogens with zero attached hydrogens (tertiary/aromatic N) is 5. The normalized spacial score (nSPS) is 12.4. The molecule has 0 spiro atoms. The van der Waals surface area contributed by atoms with E-state index in [0.29, 0.717) is 35.0 Å². The predicted molar refractivity (Wildman–Crippen MR) is 132 cm³/mol. The number of thioether (sulfide) groups is 1. The zero-order valence-electron chi connectivity index (χ0n) is 20.3. The maximum Gasteiger partial charge on any atom is 0.332 e. The fraction of sp³-hybridized carbons (Fsp3) is 0.458. The summed E-state index contributed by atoms with van der Waals surface area (Å²) >= 11 is 1.17. The fourth-order valence-electron chi connectivity index (χ4n) is 3.64. The number of aryl methyl sites for hydroxylation is 1. The van der Waals surface area contributed by atoms with Crippen molar-refractivity contribution in [2.75, 3.05) is 7.05 Å². The van der Waals surface area contributed by atoms with Gasteiger partial charge in [0.05, 0.1) is 5.25 Å². The number of rotatable bonds is 8. The van der Waals surface area contributed by atoms with Gasteiger partial charge in [0.15, 0.2) is 5.65 Å². The highest BCUT2D eigenvalue weighted by Crippen LogP contribution is 2.29. The third kappa shape index (κ3) is 5.22. The summed E-state index contributed by atoms with van der Waals surface area (Å²) < 4.78 is 16.1. The summed E-state index contributed by atoms with van der Waals surface area (Å²) in [6.45, 7) is 8.21. The Bertz CT molecular complexity index is 1330. The van der Waals surface area contributed by atoms with Crippen LogP contribution in [0, 0.1) is 5.82 Å². The average molecular weight is 488 g/mol. The van der Waals surface area contributed by atoms with Crippen LogP contribution < -0.4 is 11.2 Å². The molecule has 34 heavy (non-hydrogen) atoms. The predicted octanol–water partition coefficient (Wildman–Crippen LogP) is 3.30. The van der Waals surface area contributed by atoms with Gasteiger partial charge in [-0.3, -0.25) is 18.7 Å². The number of fused-ring (bicyclic) bond motifs is 1. The molecule has 0 saturated heterocycles. The molecule has 182 valence electrons. The average Bonchev–Trinajstić information content (AvgIpc) is 2.79. The number of halogens is 1. The third-order valence-corrected chi connectivity index (χ3v) is 6.52. The molecule has 1 amide bonds. The topological polar surface area (TPSA) is 90.1 Å². The number of aromatic nitrogens is 4. The summed E-state index contributed by atoms with van der Waals surface area (Å²) in [5.74, 6) is -0.0887. The molecule has 1 unspecified atom stereocenters. The molecule has 3 rings (SSSR count). The Morgan fingerprint density at radius 3 is 2.53 bits per heavy atom. The van der Waals surface area contributed by atoms with Gasteiger partial charge in [0, 0.05) is 33.1 Å². The number of benzene rings is 1. The van der Waals surface area contributed by atoms with Crippen molar-refractivity contribution < 1.29 is 9.18 Å². The molecule has 0 radical (unpaired) electrons. The lowest BCUT2D eigenvalue weighted by atomic mass is 10.2. The van der Waals surface area contributed by atoms with Crippen LogP contribution in [-0.4, -0.2) is 42.2 Å². The van der Waals surface area contributed by atoms with Gasteiger partial charge in [0.25, 0.3) is 5.56 Å². The van der Waals surface area contributed by atoms with Crippen molar-refractivity contribution in [2.24, 2.45) is 7.05 Å². The van der Waals surface area contributed by atoms with Gasteiger partial charge in [-0.15, -0.1) is 0 Å². The van der Waals surface area contributed by atoms with Crippen LogP contribution in [0.1, 0.15) is 51.4 Å². The highest BCUT2D eigenvalue weighted by molar-refractivity contribution is 8.00. The zero-order valence-corrected chi connectivity index (χ0v) is 21.1. The van der Waals surface area contributed by atoms with Gasteiger partial charge in [-0.2, -0.15) is 0 Å². The molecule has 1 atom stereocenters. The molecule has 2 aromatic heterocycles. The summed E-state index contributed by atoms with van der Waals surface area (Å²) in [7, 11) is 3.09. The molecular formula is C24H30FN5O3S. The van der Waals surface area contributed by atoms with Crippen LogP contribution in [0.15, 0.2) is 38.9 Å². The minimum Gasteiger partial charge on any atom is -0.340 e. The minimum absolute atomic E-state index is 0.0420. The standard InChI is InChI=1S/C24H30FN5O3S/c1-7-11-30-20-18(23(32)29(6)24(30)33)21(27-19(26-20)14(2)3)34-15(4)22(31)28(5)13-16-9-8-10-17(25)12-16/h8-10,12,14-15H,7,11,13H2,1-6H3. The van der Waals surface area contributed by atoms with Gasteiger partial charge < -0.3 is 4.90 Å². The van der Waals surface area contributed by atoms with Gasteiger partial charge in [-0.1, -0.05) is 44.7 Å². The van der Waals surface area contributed by atoms with E-state index < -0.39 is 16.5 Å². The van der Waals surface area contributed by atoms with Gasteiger partial charge in [-0.05, 0) is 31.0 Å². The quantitative estimate of drug-likeness (QED) is 0.358. The van der Waals surface area contributed by atoms with Crippen LogP contribution >= 0.6 is 11.8 Å². The van der Waals surface area contributed by atoms with Gasteiger partial charge >= 0.3 is 5.69 Å². The summed E-state index contributed by atoms with van der Waals surface area (Å²) in [6.07, 6.45) is 0.691. The van der Waals surface area contributed by atoms with Crippen LogP contribution in [0.5, 0.6) is 0 Å². The Labute approximate surface area is 201 Å². The molecule has 0 fully saturated rings. The van der Waals surface area contributed by atoms with E-state index in [-0.39, 0.29) is 29.6 Å². The maximum atomic E-state index is 13.5. The molecule has 0 saturated carbocycles. The Morgan fingerprint density at radius 2 is 1.91 bits per heavy atom. The number of carbonyl (C=O) groups excluding carboxylic acids is 1. The van der Waals surface area contributed by atoms with Crippen LogP contribution in [-0.2, 0) is 24.9 Å². The summed E-state index contributed by atoms with van der Waals surface area (Å²) in [5.41, 5.74) is 0.0598. The van der Waals surface area contributed by atoms with E-state index in [9.17, 15) is 18.8 Å². The SMILES string of the molecule is CCCn1c(=O)n(C)c(=O)c2c(SC(C)C(=O)N(C)Cc3cccc(F)c3)nc(C(C)C)nc21. The summed E-state index contributed by atoms with van der Waals surface area (Å²) in [6, 6.07) is 6.11. The number of carbonyl (C=O) groups is 1. The molecule has 0 aliphatic rings. The van der Waals surface area contributed by atoms with E-state index in [2.05, 4.69) is 9.97 Å². The third-order valence-electron chi connectivity index (χ3n) is 5.45. The van der Waals surface area contributed by atoms with Crippen molar-refractivity contribution in [3.63, 3.8) is 0 Å². The highest BCUT2D eigenvalue weighted by Gasteiger charge is 2.25. The van der Waals surface area contributed by atoms with Crippen LogP contribution in [0.25, 0.3) is 11.0 Å². The van der Waals surface area contributed by atoms with Crippen molar-refractivity contribution in [3.05, 3.63) is 62.3 Å². The van der Waals surface area contributed by atoms with E-state index in [1.165, 1.54) is 40.4 Å². The van der Waals surface area contributed by atoms with Crippen LogP contribution in [0.2, 0.25) is 0 Å². The first-order chi connectivity index (χ1) is 16.0. The second kappa shape index (κ2) is 10.5. The van der Waals surface area contributed by atoms with E-state index in [0.717, 1.165) is 4.57 Å². The largest absolute Gasteiger partial charge is 0.340 e. The Kier molecular flexibility index (Phi) is 7.91. The molecule has 0 aliphatic carbocycles. The molecule has 0 bridgehead atoms. The van der Waals surface area contributed by atoms with Crippen molar-refractivity contribution in [3.8, 4) is 0 Å². The summed E-state index contributed by atoms with van der Waals surface area (Å²) in [5, 5.41) is 0.0319. The first kappa shape index (κ1) is 25.6. The molecule has 10 heteroatoms. The minimum atomic E-state index is -0.576. The van der Waals surface area contributed by atoms with Gasteiger partial charge in [-0.25, -0.2) is 19.2 Å². The van der Waals surface area contributed by atoms with Crippen molar-refractivity contribution in [1.29, 1.82) is 0 Å². The highest BCUT2D eigenvalue weighted by atomic mass is 32.2. The molecule has 2 heterocycles. The zero-order chi connectivity index (χ0) is 25.2. The van der Waals surface area contributed by atoms with E-state index in [1.54, 1.807) is 26.1 Å². The fourth-order valence-corrected chi connectivity index (χ4v) is 4.70. The van der Waals surface area contributed by atoms with E-state index >= 15 is 0 Å². The maximum absolute atomic E-state index is 13.5. The second-order valence-corrected chi connectivity index (χ2v) is 9.95. The van der Waals surface area contributed by atoms with Crippen molar-refractivity contribution in [2.45, 2.75) is 63.4 Å². The molecule has 1 aromatic carbocycles. The monoisotopic (exact) mass is 487 g/mol. The molecule has 0 aliphatic heterocycles. The number of hydrogen-bond donors (Lipinski definition) is 0. The first-order valence-corrected chi connectivity index (χ1v) is 12.1. The van der Waals surface area contributed by atoms with Crippen molar-refractivity contribution in [1.82, 2.24) is 24.0 Å². The number of amides is 1. The number of hydrogen-bond acceptors (Lipinski definition) is 6. The van der Waals surface area contributed by atoms with Crippen molar-refractivity contribution >= 4 is 28.7 Å². The van der Waals surface area contributed by atoms with E-state index in [1.807, 2.05) is 20.8 Å². The molecular weight excluding hydrogens is 457 g/mol. The molecule has 0 N–H and O–H groups in total. The Balaban J connectivity index is 2.03. The smallest absolute Gasteiger partial charge is 0.332 e. The van der Waals surface area contributed by atoms with E-state index in [4.69, 9.17) is 0 Å².